The number of aromatic hydroxyl groups is 1. The molecule has 1 unspecified atom stereocenters. The molecule has 1 atom stereocenters. The van der Waals surface area contributed by atoms with E-state index < -0.39 is 11.9 Å². The number of amides is 2. The lowest BCUT2D eigenvalue weighted by Gasteiger charge is -2.21. The van der Waals surface area contributed by atoms with Crippen molar-refractivity contribution < 1.29 is 29.4 Å². The number of phenols is 1. The number of carbonyl (C=O) groups excluding carboxylic acids is 2. The Hall–Kier alpha value is -2.74. The van der Waals surface area contributed by atoms with E-state index in [9.17, 15) is 14.7 Å². The molecule has 0 radical (unpaired) electrons. The minimum atomic E-state index is -0.670. The number of hydrogen-bond acceptors (Lipinski definition) is 6. The van der Waals surface area contributed by atoms with Crippen molar-refractivity contribution in [2.24, 2.45) is 0 Å². The molecule has 0 saturated carbocycles. The van der Waals surface area contributed by atoms with E-state index in [1.54, 1.807) is 23.7 Å². The van der Waals surface area contributed by atoms with Gasteiger partial charge in [0.1, 0.15) is 6.04 Å². The highest BCUT2D eigenvalue weighted by molar-refractivity contribution is 5.95. The van der Waals surface area contributed by atoms with Gasteiger partial charge in [-0.2, -0.15) is 0 Å². The SMILES string of the molecule is COc1cc(/C=C/C(=O)N2CCCC2C(=O)NO)cc(OC)c1O. The molecule has 0 spiro atoms. The van der Waals surface area contributed by atoms with Crippen molar-refractivity contribution in [1.82, 2.24) is 10.4 Å². The number of hydrogen-bond donors (Lipinski definition) is 3. The van der Waals surface area contributed by atoms with Crippen LogP contribution in [0.4, 0.5) is 0 Å². The molecule has 1 heterocycles. The molecular formula is C16H20N2O6. The first-order chi connectivity index (χ1) is 11.5. The lowest BCUT2D eigenvalue weighted by molar-refractivity contribution is -0.140. The average Bonchev–Trinajstić information content (AvgIpc) is 3.09. The van der Waals surface area contributed by atoms with Gasteiger partial charge in [0.2, 0.25) is 11.7 Å². The molecule has 2 amide bonds. The monoisotopic (exact) mass is 336 g/mol. The molecule has 1 aromatic rings. The molecule has 130 valence electrons. The maximum atomic E-state index is 12.3. The molecule has 1 saturated heterocycles. The Morgan fingerprint density at radius 1 is 1.29 bits per heavy atom. The molecule has 2 rings (SSSR count). The van der Waals surface area contributed by atoms with Crippen LogP contribution >= 0.6 is 0 Å². The minimum Gasteiger partial charge on any atom is -0.502 e. The Labute approximate surface area is 139 Å². The van der Waals surface area contributed by atoms with Crippen LogP contribution in [-0.2, 0) is 9.59 Å². The normalized spacial score (nSPS) is 17.1. The summed E-state index contributed by atoms with van der Waals surface area (Å²) in [4.78, 5) is 25.3. The number of nitrogens with zero attached hydrogens (tertiary/aromatic N) is 1. The number of rotatable bonds is 5. The minimum absolute atomic E-state index is 0.122. The largest absolute Gasteiger partial charge is 0.502 e. The summed E-state index contributed by atoms with van der Waals surface area (Å²) in [5.74, 6) is -0.614. The standard InChI is InChI=1S/C16H20N2O6/c1-23-12-8-10(9-13(24-2)15(12)20)5-6-14(19)18-7-3-4-11(18)16(21)17-22/h5-6,8-9,11,20,22H,3-4,7H2,1-2H3,(H,17,21)/b6-5+. The molecule has 8 nitrogen and oxygen atoms in total. The summed E-state index contributed by atoms with van der Waals surface area (Å²) < 4.78 is 10.1. The van der Waals surface area contributed by atoms with Crippen LogP contribution in [0.3, 0.4) is 0 Å². The molecule has 24 heavy (non-hydrogen) atoms. The van der Waals surface area contributed by atoms with E-state index >= 15 is 0 Å². The van der Waals surface area contributed by atoms with E-state index in [2.05, 4.69) is 0 Å². The number of carbonyl (C=O) groups is 2. The Bertz CT molecular complexity index is 633. The van der Waals surface area contributed by atoms with Gasteiger partial charge in [0, 0.05) is 12.6 Å². The summed E-state index contributed by atoms with van der Waals surface area (Å²) in [6.45, 7) is 0.448. The summed E-state index contributed by atoms with van der Waals surface area (Å²) in [7, 11) is 2.82. The van der Waals surface area contributed by atoms with Gasteiger partial charge in [0.25, 0.3) is 5.91 Å². The van der Waals surface area contributed by atoms with Gasteiger partial charge in [-0.05, 0) is 36.6 Å². The van der Waals surface area contributed by atoms with Crippen molar-refractivity contribution >= 4 is 17.9 Å². The van der Waals surface area contributed by atoms with Gasteiger partial charge in [0.05, 0.1) is 14.2 Å². The molecule has 0 bridgehead atoms. The third-order valence-corrected chi connectivity index (χ3v) is 3.87. The van der Waals surface area contributed by atoms with Crippen molar-refractivity contribution in [2.75, 3.05) is 20.8 Å². The van der Waals surface area contributed by atoms with Gasteiger partial charge >= 0.3 is 0 Å². The zero-order chi connectivity index (χ0) is 17.7. The zero-order valence-electron chi connectivity index (χ0n) is 13.5. The van der Waals surface area contributed by atoms with E-state index in [1.807, 2.05) is 0 Å². The van der Waals surface area contributed by atoms with Gasteiger partial charge < -0.3 is 19.5 Å². The smallest absolute Gasteiger partial charge is 0.266 e. The van der Waals surface area contributed by atoms with Crippen molar-refractivity contribution in [3.63, 3.8) is 0 Å². The van der Waals surface area contributed by atoms with Crippen LogP contribution in [0.2, 0.25) is 0 Å². The van der Waals surface area contributed by atoms with E-state index in [0.717, 1.165) is 0 Å². The predicted molar refractivity (Wildman–Crippen MR) is 84.9 cm³/mol. The lowest BCUT2D eigenvalue weighted by Crippen LogP contribution is -2.44. The number of likely N-dealkylation sites (tertiary alicyclic amines) is 1. The molecule has 1 aromatic carbocycles. The van der Waals surface area contributed by atoms with Crippen molar-refractivity contribution in [3.8, 4) is 17.2 Å². The summed E-state index contributed by atoms with van der Waals surface area (Å²) in [6.07, 6.45) is 4.07. The Morgan fingerprint density at radius 2 is 1.92 bits per heavy atom. The number of ether oxygens (including phenoxy) is 2. The fourth-order valence-corrected chi connectivity index (χ4v) is 2.65. The van der Waals surface area contributed by atoms with E-state index in [1.165, 1.54) is 25.2 Å². The number of phenolic OH excluding ortho intramolecular Hbond substituents is 1. The Kier molecular flexibility index (Phi) is 5.64. The van der Waals surface area contributed by atoms with Crippen LogP contribution < -0.4 is 15.0 Å². The second kappa shape index (κ2) is 7.69. The van der Waals surface area contributed by atoms with Gasteiger partial charge in [-0.15, -0.1) is 0 Å². The first-order valence-corrected chi connectivity index (χ1v) is 7.39. The maximum Gasteiger partial charge on any atom is 0.266 e. The second-order valence-corrected chi connectivity index (χ2v) is 5.27. The molecule has 8 heteroatoms. The van der Waals surface area contributed by atoms with Crippen molar-refractivity contribution in [3.05, 3.63) is 23.8 Å². The summed E-state index contributed by atoms with van der Waals surface area (Å²) in [5.41, 5.74) is 2.18. The van der Waals surface area contributed by atoms with Crippen molar-refractivity contribution in [2.45, 2.75) is 18.9 Å². The molecule has 1 aliphatic heterocycles. The average molecular weight is 336 g/mol. The number of benzene rings is 1. The highest BCUT2D eigenvalue weighted by atomic mass is 16.5. The van der Waals surface area contributed by atoms with Gasteiger partial charge in [0.15, 0.2) is 11.5 Å². The quantitative estimate of drug-likeness (QED) is 0.419. The highest BCUT2D eigenvalue weighted by Gasteiger charge is 2.32. The number of methoxy groups -OCH3 is 2. The van der Waals surface area contributed by atoms with Crippen LogP contribution in [0.5, 0.6) is 17.2 Å². The second-order valence-electron chi connectivity index (χ2n) is 5.27. The molecule has 0 aliphatic carbocycles. The van der Waals surface area contributed by atoms with E-state index in [-0.39, 0.29) is 23.2 Å². The van der Waals surface area contributed by atoms with E-state index in [4.69, 9.17) is 14.7 Å². The van der Waals surface area contributed by atoms with Crippen LogP contribution in [0, 0.1) is 0 Å². The van der Waals surface area contributed by atoms with Crippen LogP contribution in [-0.4, -0.2) is 53.8 Å². The molecule has 3 N–H and O–H groups in total. The highest BCUT2D eigenvalue weighted by Crippen LogP contribution is 2.37. The summed E-state index contributed by atoms with van der Waals surface area (Å²) >= 11 is 0. The maximum absolute atomic E-state index is 12.3. The topological polar surface area (TPSA) is 108 Å². The fraction of sp³-hybridized carbons (Fsp3) is 0.375. The molecule has 1 fully saturated rings. The number of nitrogens with one attached hydrogen (secondary N) is 1. The molecule has 1 aliphatic rings. The van der Waals surface area contributed by atoms with Gasteiger partial charge in [-0.1, -0.05) is 0 Å². The third kappa shape index (κ3) is 3.60. The Balaban J connectivity index is 2.18. The van der Waals surface area contributed by atoms with Crippen LogP contribution in [0.15, 0.2) is 18.2 Å². The molecular weight excluding hydrogens is 316 g/mol. The van der Waals surface area contributed by atoms with Crippen molar-refractivity contribution in [1.29, 1.82) is 0 Å². The summed E-state index contributed by atoms with van der Waals surface area (Å²) in [6, 6.07) is 2.45. The predicted octanol–water partition coefficient (Wildman–Crippen LogP) is 0.919. The summed E-state index contributed by atoms with van der Waals surface area (Å²) in [5, 5.41) is 18.6. The number of hydroxylamine groups is 1. The van der Waals surface area contributed by atoms with Gasteiger partial charge in [-0.3, -0.25) is 14.8 Å². The van der Waals surface area contributed by atoms with Crippen LogP contribution in [0.1, 0.15) is 18.4 Å². The van der Waals surface area contributed by atoms with Crippen LogP contribution in [0.25, 0.3) is 6.08 Å². The molecule has 0 aromatic heterocycles. The first kappa shape index (κ1) is 17.6. The first-order valence-electron chi connectivity index (χ1n) is 7.39. The fourth-order valence-electron chi connectivity index (χ4n) is 2.65. The lowest BCUT2D eigenvalue weighted by atomic mass is 10.1. The zero-order valence-corrected chi connectivity index (χ0v) is 13.5. The Morgan fingerprint density at radius 3 is 2.46 bits per heavy atom. The third-order valence-electron chi connectivity index (χ3n) is 3.87. The van der Waals surface area contributed by atoms with E-state index in [0.29, 0.717) is 24.9 Å². The van der Waals surface area contributed by atoms with Gasteiger partial charge in [-0.25, -0.2) is 5.48 Å².